The smallest absolute Gasteiger partial charge is 0.317 e. The Morgan fingerprint density at radius 1 is 1.25 bits per heavy atom. The molecule has 2 rings (SSSR count). The number of nitrogens with zero attached hydrogens (tertiary/aromatic N) is 2. The number of ether oxygens (including phenoxy) is 1. The first-order chi connectivity index (χ1) is 13.3. The number of rotatable bonds is 7. The first-order valence-corrected chi connectivity index (χ1v) is 10.6. The minimum atomic E-state index is -3.93. The third kappa shape index (κ3) is 5.94. The van der Waals surface area contributed by atoms with Crippen molar-refractivity contribution in [2.24, 2.45) is 0 Å². The van der Waals surface area contributed by atoms with E-state index >= 15 is 0 Å². The highest BCUT2D eigenvalue weighted by molar-refractivity contribution is 7.92. The summed E-state index contributed by atoms with van der Waals surface area (Å²) in [5.41, 5.74) is 1.37. The van der Waals surface area contributed by atoms with Crippen LogP contribution in [0.5, 0.6) is 0 Å². The van der Waals surface area contributed by atoms with Crippen LogP contribution in [-0.4, -0.2) is 69.9 Å². The molecule has 28 heavy (non-hydrogen) atoms. The molecule has 1 saturated heterocycles. The standard InChI is InChI=1S/C18H24N4O5S/c1-14-4-2-3-5-15(14)13-28(25,26)16(17(23)20-7-6-19)12-21-18(24)22-8-10-27-11-9-22/h2-5,16H,7-13H2,1H3,(H,20,23)(H,21,24). The minimum absolute atomic E-state index is 0.313. The summed E-state index contributed by atoms with van der Waals surface area (Å²) in [4.78, 5) is 26.1. The van der Waals surface area contributed by atoms with Gasteiger partial charge in [-0.15, -0.1) is 0 Å². The van der Waals surface area contributed by atoms with E-state index in [0.717, 1.165) is 5.56 Å². The molecule has 1 heterocycles. The number of carbonyl (C=O) groups excluding carboxylic acids is 2. The Bertz CT molecular complexity index is 844. The fraction of sp³-hybridized carbons (Fsp3) is 0.500. The van der Waals surface area contributed by atoms with E-state index in [0.29, 0.717) is 31.9 Å². The first kappa shape index (κ1) is 21.7. The third-order valence-corrected chi connectivity index (χ3v) is 6.38. The highest BCUT2D eigenvalue weighted by Crippen LogP contribution is 2.15. The van der Waals surface area contributed by atoms with Gasteiger partial charge in [-0.1, -0.05) is 24.3 Å². The van der Waals surface area contributed by atoms with Crippen molar-refractivity contribution in [2.45, 2.75) is 17.9 Å². The van der Waals surface area contributed by atoms with E-state index in [4.69, 9.17) is 10.00 Å². The van der Waals surface area contributed by atoms with Crippen LogP contribution in [0.25, 0.3) is 0 Å². The van der Waals surface area contributed by atoms with Crippen LogP contribution in [0.4, 0.5) is 4.79 Å². The van der Waals surface area contributed by atoms with E-state index in [2.05, 4.69) is 10.6 Å². The molecule has 2 N–H and O–H groups in total. The Balaban J connectivity index is 2.13. The molecular weight excluding hydrogens is 384 g/mol. The molecule has 0 aliphatic carbocycles. The number of amides is 3. The lowest BCUT2D eigenvalue weighted by Crippen LogP contribution is -2.52. The molecule has 152 valence electrons. The molecule has 0 saturated carbocycles. The van der Waals surface area contributed by atoms with Gasteiger partial charge in [-0.05, 0) is 18.1 Å². The molecule has 9 nitrogen and oxygen atoms in total. The first-order valence-electron chi connectivity index (χ1n) is 8.86. The third-order valence-electron chi connectivity index (χ3n) is 4.42. The second-order valence-corrected chi connectivity index (χ2v) is 8.57. The zero-order valence-corrected chi connectivity index (χ0v) is 16.5. The average molecular weight is 408 g/mol. The molecule has 3 amide bonds. The zero-order valence-electron chi connectivity index (χ0n) is 15.7. The van der Waals surface area contributed by atoms with E-state index in [1.54, 1.807) is 37.3 Å². The summed E-state index contributed by atoms with van der Waals surface area (Å²) in [6, 6.07) is 8.29. The van der Waals surface area contributed by atoms with Gasteiger partial charge in [-0.3, -0.25) is 4.79 Å². The van der Waals surface area contributed by atoms with E-state index in [1.807, 2.05) is 0 Å². The van der Waals surface area contributed by atoms with Crippen molar-refractivity contribution < 1.29 is 22.7 Å². The Labute approximate surface area is 164 Å². The maximum atomic E-state index is 12.9. The molecule has 1 aromatic carbocycles. The van der Waals surface area contributed by atoms with Gasteiger partial charge in [-0.25, -0.2) is 13.2 Å². The number of carbonyl (C=O) groups is 2. The summed E-state index contributed by atoms with van der Waals surface area (Å²) in [6.45, 7) is 2.71. The van der Waals surface area contributed by atoms with Crippen LogP contribution in [0.2, 0.25) is 0 Å². The van der Waals surface area contributed by atoms with Crippen molar-refractivity contribution in [1.82, 2.24) is 15.5 Å². The quantitative estimate of drug-likeness (QED) is 0.609. The summed E-state index contributed by atoms with van der Waals surface area (Å²) in [6.07, 6.45) is 0. The van der Waals surface area contributed by atoms with Gasteiger partial charge in [0.2, 0.25) is 5.91 Å². The van der Waals surface area contributed by atoms with Gasteiger partial charge in [0.1, 0.15) is 6.54 Å². The topological polar surface area (TPSA) is 129 Å². The molecular formula is C18H24N4O5S. The molecule has 1 atom stereocenters. The number of urea groups is 1. The predicted octanol–water partition coefficient (Wildman–Crippen LogP) is -0.0400. The molecule has 0 radical (unpaired) electrons. The van der Waals surface area contributed by atoms with Gasteiger partial charge in [0.15, 0.2) is 15.1 Å². The van der Waals surface area contributed by atoms with Crippen molar-refractivity contribution in [3.63, 3.8) is 0 Å². The number of sulfone groups is 1. The van der Waals surface area contributed by atoms with Gasteiger partial charge in [0, 0.05) is 19.6 Å². The second kappa shape index (κ2) is 10.1. The minimum Gasteiger partial charge on any atom is -0.378 e. The molecule has 1 unspecified atom stereocenters. The van der Waals surface area contributed by atoms with Crippen molar-refractivity contribution >= 4 is 21.8 Å². The number of benzene rings is 1. The fourth-order valence-corrected chi connectivity index (χ4v) is 4.48. The van der Waals surface area contributed by atoms with Crippen molar-refractivity contribution in [1.29, 1.82) is 5.26 Å². The lowest BCUT2D eigenvalue weighted by atomic mass is 10.1. The molecule has 0 aromatic heterocycles. The van der Waals surface area contributed by atoms with Gasteiger partial charge in [0.25, 0.3) is 0 Å². The number of hydrogen-bond acceptors (Lipinski definition) is 6. The lowest BCUT2D eigenvalue weighted by molar-refractivity contribution is -0.120. The van der Waals surface area contributed by atoms with E-state index in [9.17, 15) is 18.0 Å². The van der Waals surface area contributed by atoms with Gasteiger partial charge < -0.3 is 20.3 Å². The molecule has 0 bridgehead atoms. The van der Waals surface area contributed by atoms with Crippen LogP contribution in [-0.2, 0) is 25.1 Å². The fourth-order valence-electron chi connectivity index (χ4n) is 2.77. The number of nitriles is 1. The number of nitrogens with one attached hydrogen (secondary N) is 2. The zero-order chi connectivity index (χ0) is 20.6. The normalized spacial score (nSPS) is 15.4. The number of morpholine rings is 1. The maximum absolute atomic E-state index is 12.9. The highest BCUT2D eigenvalue weighted by Gasteiger charge is 2.33. The van der Waals surface area contributed by atoms with Crippen molar-refractivity contribution in [2.75, 3.05) is 39.4 Å². The van der Waals surface area contributed by atoms with Gasteiger partial charge in [-0.2, -0.15) is 5.26 Å². The maximum Gasteiger partial charge on any atom is 0.317 e. The molecule has 1 aliphatic heterocycles. The Morgan fingerprint density at radius 3 is 2.57 bits per heavy atom. The molecule has 1 aromatic rings. The highest BCUT2D eigenvalue weighted by atomic mass is 32.2. The monoisotopic (exact) mass is 408 g/mol. The van der Waals surface area contributed by atoms with Crippen molar-refractivity contribution in [3.05, 3.63) is 35.4 Å². The second-order valence-electron chi connectivity index (χ2n) is 6.38. The number of hydrogen-bond donors (Lipinski definition) is 2. The van der Waals surface area contributed by atoms with Crippen LogP contribution in [0.15, 0.2) is 24.3 Å². The van der Waals surface area contributed by atoms with E-state index < -0.39 is 27.0 Å². The summed E-state index contributed by atoms with van der Waals surface area (Å²) in [5, 5.41) is 12.0. The Kier molecular flexibility index (Phi) is 7.78. The average Bonchev–Trinajstić information content (AvgIpc) is 2.68. The number of aryl methyl sites for hydroxylation is 1. The van der Waals surface area contributed by atoms with Crippen molar-refractivity contribution in [3.8, 4) is 6.07 Å². The summed E-state index contributed by atoms with van der Waals surface area (Å²) >= 11 is 0. The van der Waals surface area contributed by atoms with Crippen LogP contribution < -0.4 is 10.6 Å². The predicted molar refractivity (Wildman–Crippen MR) is 102 cm³/mol. The van der Waals surface area contributed by atoms with Crippen LogP contribution in [0.3, 0.4) is 0 Å². The summed E-state index contributed by atoms with van der Waals surface area (Å²) in [7, 11) is -3.93. The molecule has 10 heteroatoms. The van der Waals surface area contributed by atoms with Crippen LogP contribution in [0, 0.1) is 18.3 Å². The van der Waals surface area contributed by atoms with Gasteiger partial charge >= 0.3 is 6.03 Å². The summed E-state index contributed by atoms with van der Waals surface area (Å²) in [5.74, 6) is -1.14. The summed E-state index contributed by atoms with van der Waals surface area (Å²) < 4.78 is 31.0. The van der Waals surface area contributed by atoms with E-state index in [1.165, 1.54) is 4.90 Å². The molecule has 1 fully saturated rings. The van der Waals surface area contributed by atoms with Crippen LogP contribution >= 0.6 is 0 Å². The lowest BCUT2D eigenvalue weighted by Gasteiger charge is -2.27. The van der Waals surface area contributed by atoms with Crippen LogP contribution in [0.1, 0.15) is 11.1 Å². The van der Waals surface area contributed by atoms with Gasteiger partial charge in [0.05, 0.1) is 25.0 Å². The largest absolute Gasteiger partial charge is 0.378 e. The Morgan fingerprint density at radius 2 is 1.93 bits per heavy atom. The molecule has 1 aliphatic rings. The van der Waals surface area contributed by atoms with E-state index in [-0.39, 0.29) is 18.8 Å². The Hall–Kier alpha value is -2.64. The molecule has 0 spiro atoms. The SMILES string of the molecule is Cc1ccccc1CS(=O)(=O)C(CNC(=O)N1CCOCC1)C(=O)NCC#N.